The van der Waals surface area contributed by atoms with Gasteiger partial charge in [-0.2, -0.15) is 0 Å². The van der Waals surface area contributed by atoms with Crippen LogP contribution in [0, 0.1) is 7.43 Å². The number of hydrogen-bond donors (Lipinski definition) is 0. The smallest absolute Gasteiger partial charge is 0.358 e. The van der Waals surface area contributed by atoms with Gasteiger partial charge in [0, 0.05) is 22.4 Å². The molecule has 0 aliphatic heterocycles. The Bertz CT molecular complexity index is 7.61. The van der Waals surface area contributed by atoms with Crippen molar-refractivity contribution in [2.24, 2.45) is 0 Å². The molecule has 0 bridgehead atoms. The van der Waals surface area contributed by atoms with Crippen molar-refractivity contribution in [3.05, 3.63) is 7.43 Å². The predicted octanol–water partition coefficient (Wildman–Crippen LogP) is 2.14. The fourth-order valence-corrected chi connectivity index (χ4v) is 0. The van der Waals surface area contributed by atoms with E-state index in [2.05, 4.69) is 26.0 Å². The second-order valence-corrected chi connectivity index (χ2v) is 6.88. The van der Waals surface area contributed by atoms with Gasteiger partial charge in [-0.15, -0.1) is 0 Å². The first-order valence-electron chi connectivity index (χ1n) is 0.228. The molecular formula is CH3Ag2Br2-. The van der Waals surface area contributed by atoms with Gasteiger partial charge in [0.1, 0.15) is 0 Å². The minimum Gasteiger partial charge on any atom is -0.358 e. The van der Waals surface area contributed by atoms with Crippen molar-refractivity contribution in [3.63, 3.8) is 0 Å². The van der Waals surface area contributed by atoms with Crippen molar-refractivity contribution in [2.75, 3.05) is 0 Å². The molecule has 0 spiro atoms. The summed E-state index contributed by atoms with van der Waals surface area (Å²) in [4.78, 5) is 0. The Balaban J connectivity index is -0.0000000200. The van der Waals surface area contributed by atoms with Crippen molar-refractivity contribution in [1.82, 2.24) is 0 Å². The molecule has 0 atom stereocenters. The number of rotatable bonds is 0. The van der Waals surface area contributed by atoms with E-state index in [0.29, 0.717) is 15.5 Å². The summed E-state index contributed by atoms with van der Waals surface area (Å²) in [6.07, 6.45) is 0. The average Bonchev–Trinajstić information content (AvgIpc) is 0.918. The quantitative estimate of drug-likeness (QED) is 0.439. The molecule has 0 fully saturated rings. The average molecular weight is 391 g/mol. The van der Waals surface area contributed by atoms with Crippen LogP contribution in [0.1, 0.15) is 0 Å². The second kappa shape index (κ2) is 16.1. The van der Waals surface area contributed by atoms with Crippen molar-refractivity contribution in [3.8, 4) is 0 Å². The van der Waals surface area contributed by atoms with Crippen LogP contribution >= 0.6 is 26.0 Å². The van der Waals surface area contributed by atoms with E-state index in [0.717, 1.165) is 0 Å². The Kier molecular flexibility index (Phi) is 50.4. The van der Waals surface area contributed by atoms with Crippen molar-refractivity contribution in [2.45, 2.75) is 0 Å². The molecule has 4 heteroatoms. The van der Waals surface area contributed by atoms with Crippen LogP contribution in [0.15, 0.2) is 0 Å². The molecular weight excluding hydrogens is 388 g/mol. The van der Waals surface area contributed by atoms with Crippen LogP contribution < -0.4 is 0 Å². The third-order valence-corrected chi connectivity index (χ3v) is 0. The van der Waals surface area contributed by atoms with E-state index in [-0.39, 0.29) is 29.8 Å². The maximum atomic E-state index is 3.09. The van der Waals surface area contributed by atoms with E-state index in [9.17, 15) is 0 Å². The Labute approximate surface area is 70.2 Å². The van der Waals surface area contributed by atoms with Crippen LogP contribution in [0.4, 0.5) is 0 Å². The first-order chi connectivity index (χ1) is 1.41. The summed E-state index contributed by atoms with van der Waals surface area (Å²) >= 11 is 6.88. The van der Waals surface area contributed by atoms with Gasteiger partial charge in [-0.25, -0.2) is 0 Å². The minimum atomic E-state index is 0. The molecule has 0 aromatic heterocycles. The first kappa shape index (κ1) is 15.7. The van der Waals surface area contributed by atoms with Crippen LogP contribution in [0.3, 0.4) is 0 Å². The van der Waals surface area contributed by atoms with E-state index in [1.807, 2.05) is 0 Å². The topological polar surface area (TPSA) is 0 Å². The summed E-state index contributed by atoms with van der Waals surface area (Å²) < 4.78 is 0. The number of hydrogen-bond acceptors (Lipinski definition) is 0. The Hall–Kier alpha value is 2.44. The van der Waals surface area contributed by atoms with Crippen LogP contribution in [-0.4, -0.2) is 0 Å². The molecule has 0 N–H and O–H groups in total. The monoisotopic (exact) mass is 387 g/mol. The van der Waals surface area contributed by atoms with Gasteiger partial charge < -0.3 is 7.43 Å². The molecule has 0 amide bonds. The van der Waals surface area contributed by atoms with E-state index in [1.54, 1.807) is 0 Å². The minimum absolute atomic E-state index is 0. The molecule has 1 radical (unpaired) electrons. The van der Waals surface area contributed by atoms with Gasteiger partial charge in [0.25, 0.3) is 0 Å². The fraction of sp³-hybridized carbons (Fsp3) is 0. The molecule has 5 heavy (non-hydrogen) atoms. The summed E-state index contributed by atoms with van der Waals surface area (Å²) in [5, 5.41) is 0. The van der Waals surface area contributed by atoms with Gasteiger partial charge in [0.05, 0.1) is 0 Å². The van der Waals surface area contributed by atoms with Gasteiger partial charge in [0.15, 0.2) is 0 Å². The molecule has 0 rings (SSSR count). The molecule has 0 aliphatic carbocycles. The standard InChI is InChI=1S/CH3.2Ag.2BrH/h1H3;;;2*1H/q-1;;+2;;/p-2. The van der Waals surface area contributed by atoms with Gasteiger partial charge >= 0.3 is 41.5 Å². The SMILES string of the molecule is [Ag].[Br][Ag][Br].[CH3-]. The fourth-order valence-electron chi connectivity index (χ4n) is 0. The summed E-state index contributed by atoms with van der Waals surface area (Å²) in [5.41, 5.74) is 0. The van der Waals surface area contributed by atoms with Gasteiger partial charge in [-0.1, -0.05) is 0 Å². The molecule has 0 aromatic carbocycles. The van der Waals surface area contributed by atoms with Gasteiger partial charge in [-0.3, -0.25) is 0 Å². The predicted molar refractivity (Wildman–Crippen MR) is 24.3 cm³/mol. The van der Waals surface area contributed by atoms with Crippen molar-refractivity contribution in [1.29, 1.82) is 0 Å². The molecule has 0 aromatic rings. The normalized spacial score (nSPS) is 4.40. The first-order valence-corrected chi connectivity index (χ1v) is 7.01. The summed E-state index contributed by atoms with van der Waals surface area (Å²) in [6, 6.07) is 0. The number of halogens is 2. The maximum Gasteiger partial charge on any atom is -0.358 e. The van der Waals surface area contributed by atoms with Crippen molar-refractivity contribution >= 4 is 26.0 Å². The zero-order valence-corrected chi connectivity index (χ0v) is 8.50. The second-order valence-electron chi connectivity index (χ2n) is 0.0431. The summed E-state index contributed by atoms with van der Waals surface area (Å²) in [7, 11) is 0. The van der Waals surface area contributed by atoms with E-state index in [1.165, 1.54) is 0 Å². The van der Waals surface area contributed by atoms with Crippen LogP contribution in [0.25, 0.3) is 0 Å². The summed E-state index contributed by atoms with van der Waals surface area (Å²) in [6.45, 7) is 0. The molecule has 0 unspecified atom stereocenters. The third-order valence-electron chi connectivity index (χ3n) is 0. The molecule has 44 valence electrons. The third kappa shape index (κ3) is 21.3. The summed E-state index contributed by atoms with van der Waals surface area (Å²) in [5.74, 6) is 0. The molecule has 0 nitrogen and oxygen atoms in total. The molecule has 0 heterocycles. The molecule has 0 aliphatic rings. The van der Waals surface area contributed by atoms with Gasteiger partial charge in [-0.05, 0) is 0 Å². The van der Waals surface area contributed by atoms with E-state index >= 15 is 0 Å². The van der Waals surface area contributed by atoms with Gasteiger partial charge in [0.2, 0.25) is 0 Å². The largest absolute Gasteiger partial charge is 0.358 e. The van der Waals surface area contributed by atoms with Crippen LogP contribution in [0.5, 0.6) is 0 Å². The Morgan fingerprint density at radius 1 is 1.20 bits per heavy atom. The molecule has 0 saturated heterocycles. The molecule has 0 saturated carbocycles. The Morgan fingerprint density at radius 2 is 1.20 bits per heavy atom. The van der Waals surface area contributed by atoms with E-state index in [4.69, 9.17) is 0 Å². The Morgan fingerprint density at radius 3 is 1.20 bits per heavy atom. The van der Waals surface area contributed by atoms with Crippen LogP contribution in [0.2, 0.25) is 0 Å². The zero-order valence-electron chi connectivity index (χ0n) is 2.36. The van der Waals surface area contributed by atoms with Crippen LogP contribution in [-0.2, 0) is 37.9 Å². The van der Waals surface area contributed by atoms with E-state index < -0.39 is 0 Å². The maximum absolute atomic E-state index is 3.09. The zero-order chi connectivity index (χ0) is 2.71. The van der Waals surface area contributed by atoms with Crippen molar-refractivity contribution < 1.29 is 37.9 Å².